The third-order valence-electron chi connectivity index (χ3n) is 3.50. The molecule has 4 nitrogen and oxygen atoms in total. The molecule has 0 N–H and O–H groups in total. The Morgan fingerprint density at radius 1 is 1.40 bits per heavy atom. The maximum Gasteiger partial charge on any atom is 0.218 e. The number of rotatable bonds is 5. The van der Waals surface area contributed by atoms with Crippen molar-refractivity contribution in [1.82, 2.24) is 4.31 Å². The Balaban J connectivity index is 2.17. The molecule has 1 aromatic rings. The number of hydrogen-bond donors (Lipinski definition) is 0. The minimum atomic E-state index is -3.31. The van der Waals surface area contributed by atoms with Crippen molar-refractivity contribution in [3.63, 3.8) is 0 Å². The van der Waals surface area contributed by atoms with Gasteiger partial charge < -0.3 is 4.74 Å². The van der Waals surface area contributed by atoms with Gasteiger partial charge in [-0.3, -0.25) is 0 Å². The molecule has 0 spiro atoms. The molecule has 1 saturated heterocycles. The molecule has 2 rings (SSSR count). The van der Waals surface area contributed by atoms with E-state index < -0.39 is 10.0 Å². The van der Waals surface area contributed by atoms with Crippen LogP contribution in [0.2, 0.25) is 0 Å². The van der Waals surface area contributed by atoms with Gasteiger partial charge in [0.25, 0.3) is 0 Å². The number of sulfonamides is 1. The van der Waals surface area contributed by atoms with E-state index in [0.29, 0.717) is 25.6 Å². The van der Waals surface area contributed by atoms with Gasteiger partial charge in [-0.2, -0.15) is 4.31 Å². The number of hydrogen-bond acceptors (Lipinski definition) is 3. The average molecular weight is 318 g/mol. The van der Waals surface area contributed by atoms with Crippen LogP contribution >= 0.6 is 11.6 Å². The average Bonchev–Trinajstić information content (AvgIpc) is 2.47. The summed E-state index contributed by atoms with van der Waals surface area (Å²) in [5.74, 6) is 0.414. The summed E-state index contributed by atoms with van der Waals surface area (Å²) in [6.45, 7) is 3.38. The molecule has 112 valence electrons. The largest absolute Gasteiger partial charge is 0.378 e. The Kier molecular flexibility index (Phi) is 5.43. The molecule has 1 heterocycles. The number of benzene rings is 1. The van der Waals surface area contributed by atoms with Gasteiger partial charge in [0.15, 0.2) is 0 Å². The number of ether oxygens (including phenoxy) is 1. The number of alkyl halides is 1. The van der Waals surface area contributed by atoms with Gasteiger partial charge in [0, 0.05) is 18.5 Å². The first-order chi connectivity index (χ1) is 9.56. The fourth-order valence-corrected chi connectivity index (χ4v) is 4.37. The second-order valence-corrected chi connectivity index (χ2v) is 7.15. The fraction of sp³-hybridized carbons (Fsp3) is 0.571. The molecule has 0 amide bonds. The van der Waals surface area contributed by atoms with Crippen LogP contribution in [0.1, 0.15) is 24.5 Å². The molecule has 1 fully saturated rings. The summed E-state index contributed by atoms with van der Waals surface area (Å²) >= 11 is 5.79. The van der Waals surface area contributed by atoms with Gasteiger partial charge in [-0.25, -0.2) is 8.42 Å². The van der Waals surface area contributed by atoms with E-state index in [9.17, 15) is 8.42 Å². The Labute approximate surface area is 125 Å². The summed E-state index contributed by atoms with van der Waals surface area (Å²) < 4.78 is 32.1. The van der Waals surface area contributed by atoms with Crippen LogP contribution in [0.25, 0.3) is 0 Å². The molecular weight excluding hydrogens is 298 g/mol. The van der Waals surface area contributed by atoms with Crippen LogP contribution in [0, 0.1) is 0 Å². The van der Waals surface area contributed by atoms with Gasteiger partial charge in [-0.1, -0.05) is 31.2 Å². The summed E-state index contributed by atoms with van der Waals surface area (Å²) in [6.07, 6.45) is 0.765. The summed E-state index contributed by atoms with van der Waals surface area (Å²) in [4.78, 5) is 0. The van der Waals surface area contributed by atoms with E-state index in [0.717, 1.165) is 17.5 Å². The molecule has 0 saturated carbocycles. The molecular formula is C14H20ClNO3S. The molecule has 1 unspecified atom stereocenters. The molecule has 1 aromatic carbocycles. The topological polar surface area (TPSA) is 46.6 Å². The highest BCUT2D eigenvalue weighted by Gasteiger charge is 2.31. The lowest BCUT2D eigenvalue weighted by atomic mass is 10.2. The van der Waals surface area contributed by atoms with Gasteiger partial charge >= 0.3 is 0 Å². The van der Waals surface area contributed by atoms with Gasteiger partial charge in [-0.05, 0) is 17.5 Å². The van der Waals surface area contributed by atoms with Crippen LogP contribution in [-0.4, -0.2) is 38.5 Å². The number of morpholine rings is 1. The van der Waals surface area contributed by atoms with E-state index in [1.165, 1.54) is 0 Å². The van der Waals surface area contributed by atoms with E-state index >= 15 is 0 Å². The van der Waals surface area contributed by atoms with Crippen LogP contribution in [0.5, 0.6) is 0 Å². The van der Waals surface area contributed by atoms with Gasteiger partial charge in [0.1, 0.15) is 0 Å². The van der Waals surface area contributed by atoms with Crippen LogP contribution in [-0.2, 0) is 26.4 Å². The maximum atomic E-state index is 12.6. The zero-order valence-electron chi connectivity index (χ0n) is 11.6. The van der Waals surface area contributed by atoms with E-state index in [4.69, 9.17) is 16.3 Å². The van der Waals surface area contributed by atoms with Crippen molar-refractivity contribution in [3.8, 4) is 0 Å². The molecule has 6 heteroatoms. The lowest BCUT2D eigenvalue weighted by Crippen LogP contribution is -2.48. The lowest BCUT2D eigenvalue weighted by molar-refractivity contribution is 0.0313. The van der Waals surface area contributed by atoms with Crippen LogP contribution < -0.4 is 0 Å². The zero-order valence-corrected chi connectivity index (χ0v) is 13.2. The Morgan fingerprint density at radius 2 is 2.15 bits per heavy atom. The summed E-state index contributed by atoms with van der Waals surface area (Å²) in [6, 6.07) is 7.37. The SMILES string of the molecule is CCC1COCCN1S(=O)(=O)Cc1cccc(CCl)c1. The molecule has 1 aliphatic rings. The molecule has 0 bridgehead atoms. The quantitative estimate of drug-likeness (QED) is 0.783. The van der Waals surface area contributed by atoms with Crippen molar-refractivity contribution in [2.45, 2.75) is 31.0 Å². The summed E-state index contributed by atoms with van der Waals surface area (Å²) in [7, 11) is -3.31. The van der Waals surface area contributed by atoms with Crippen molar-refractivity contribution in [2.24, 2.45) is 0 Å². The highest BCUT2D eigenvalue weighted by atomic mass is 35.5. The zero-order chi connectivity index (χ0) is 14.6. The Bertz CT molecular complexity index is 547. The fourth-order valence-electron chi connectivity index (χ4n) is 2.42. The van der Waals surface area contributed by atoms with Crippen molar-refractivity contribution in [2.75, 3.05) is 19.8 Å². The molecule has 0 aromatic heterocycles. The normalized spacial score (nSPS) is 21.0. The number of nitrogens with zero attached hydrogens (tertiary/aromatic N) is 1. The first-order valence-corrected chi connectivity index (χ1v) is 8.92. The van der Waals surface area contributed by atoms with E-state index in [2.05, 4.69) is 0 Å². The Morgan fingerprint density at radius 3 is 2.85 bits per heavy atom. The lowest BCUT2D eigenvalue weighted by Gasteiger charge is -2.34. The standard InChI is InChI=1S/C14H20ClNO3S/c1-2-14-10-19-7-6-16(14)20(17,18)11-13-5-3-4-12(8-13)9-15/h3-5,8,14H,2,6-7,9-11H2,1H3. The monoisotopic (exact) mass is 317 g/mol. The van der Waals surface area contributed by atoms with Gasteiger partial charge in [0.2, 0.25) is 10.0 Å². The van der Waals surface area contributed by atoms with Crippen molar-refractivity contribution in [3.05, 3.63) is 35.4 Å². The van der Waals surface area contributed by atoms with E-state index in [1.54, 1.807) is 4.31 Å². The van der Waals surface area contributed by atoms with Crippen molar-refractivity contribution >= 4 is 21.6 Å². The van der Waals surface area contributed by atoms with Gasteiger partial charge in [0.05, 0.1) is 19.0 Å². The van der Waals surface area contributed by atoms with Crippen molar-refractivity contribution in [1.29, 1.82) is 0 Å². The number of halogens is 1. The van der Waals surface area contributed by atoms with Crippen LogP contribution in [0.3, 0.4) is 0 Å². The highest BCUT2D eigenvalue weighted by Crippen LogP contribution is 2.19. The second kappa shape index (κ2) is 6.89. The summed E-state index contributed by atoms with van der Waals surface area (Å²) in [5.41, 5.74) is 1.72. The molecule has 0 radical (unpaired) electrons. The predicted octanol–water partition coefficient (Wildman–Crippen LogP) is 2.37. The van der Waals surface area contributed by atoms with Crippen LogP contribution in [0.4, 0.5) is 0 Å². The first-order valence-electron chi connectivity index (χ1n) is 6.78. The molecule has 1 atom stereocenters. The summed E-state index contributed by atoms with van der Waals surface area (Å²) in [5, 5.41) is 0. The van der Waals surface area contributed by atoms with Crippen molar-refractivity contribution < 1.29 is 13.2 Å². The first kappa shape index (κ1) is 15.8. The molecule has 0 aliphatic carbocycles. The highest BCUT2D eigenvalue weighted by molar-refractivity contribution is 7.88. The third kappa shape index (κ3) is 3.73. The van der Waals surface area contributed by atoms with E-state index in [1.807, 2.05) is 31.2 Å². The Hall–Kier alpha value is -0.620. The van der Waals surface area contributed by atoms with Gasteiger partial charge in [-0.15, -0.1) is 11.6 Å². The minimum Gasteiger partial charge on any atom is -0.378 e. The third-order valence-corrected chi connectivity index (χ3v) is 5.70. The van der Waals surface area contributed by atoms with Crippen LogP contribution in [0.15, 0.2) is 24.3 Å². The predicted molar refractivity (Wildman–Crippen MR) is 80.2 cm³/mol. The molecule has 1 aliphatic heterocycles. The molecule has 20 heavy (non-hydrogen) atoms. The smallest absolute Gasteiger partial charge is 0.218 e. The minimum absolute atomic E-state index is 0.0221. The second-order valence-electron chi connectivity index (χ2n) is 4.96. The van der Waals surface area contributed by atoms with E-state index in [-0.39, 0.29) is 11.8 Å². The maximum absolute atomic E-state index is 12.6.